The zero-order chi connectivity index (χ0) is 31.9. The molecule has 3 aromatic rings. The third kappa shape index (κ3) is 9.61. The fourth-order valence-electron chi connectivity index (χ4n) is 4.33. The molecular weight excluding hydrogens is 626 g/mol. The largest absolute Gasteiger partial charge is 0.417 e. The van der Waals surface area contributed by atoms with E-state index in [9.17, 15) is 31.2 Å². The van der Waals surface area contributed by atoms with Gasteiger partial charge < -0.3 is 10.2 Å². The van der Waals surface area contributed by atoms with Crippen LogP contribution in [0, 0.1) is 0 Å². The minimum atomic E-state index is -4.87. The average molecular weight is 659 g/mol. The van der Waals surface area contributed by atoms with Gasteiger partial charge in [-0.15, -0.1) is 0 Å². The number of alkyl halides is 3. The number of benzene rings is 3. The number of nitrogens with one attached hydrogen (secondary N) is 1. The van der Waals surface area contributed by atoms with Crippen molar-refractivity contribution < 1.29 is 31.2 Å². The smallest absolute Gasteiger partial charge is 0.352 e. The topological polar surface area (TPSA) is 86.8 Å². The molecule has 2 atom stereocenters. The molecule has 0 fully saturated rings. The van der Waals surface area contributed by atoms with E-state index < -0.39 is 56.9 Å². The Hall–Kier alpha value is -3.28. The molecule has 0 aromatic heterocycles. The molecule has 43 heavy (non-hydrogen) atoms. The van der Waals surface area contributed by atoms with E-state index in [0.717, 1.165) is 24.0 Å². The fourth-order valence-corrected chi connectivity index (χ4v) is 5.61. The van der Waals surface area contributed by atoms with Gasteiger partial charge in [0.1, 0.15) is 12.6 Å². The van der Waals surface area contributed by atoms with Gasteiger partial charge in [-0.05, 0) is 54.8 Å². The first kappa shape index (κ1) is 34.2. The Morgan fingerprint density at radius 2 is 1.60 bits per heavy atom. The van der Waals surface area contributed by atoms with Crippen LogP contribution in [0.2, 0.25) is 10.0 Å². The fraction of sp³-hybridized carbons (Fsp3) is 0.333. The molecule has 0 aliphatic rings. The van der Waals surface area contributed by atoms with E-state index in [0.29, 0.717) is 27.4 Å². The Kier molecular flexibility index (Phi) is 11.5. The van der Waals surface area contributed by atoms with Crippen LogP contribution in [-0.4, -0.2) is 50.0 Å². The van der Waals surface area contributed by atoms with E-state index in [1.165, 1.54) is 4.90 Å². The summed E-state index contributed by atoms with van der Waals surface area (Å²) in [5, 5.41) is 2.66. The number of sulfonamides is 1. The number of anilines is 1. The maximum absolute atomic E-state index is 14.1. The molecule has 0 saturated heterocycles. The number of hydrogen-bond acceptors (Lipinski definition) is 4. The predicted octanol–water partition coefficient (Wildman–Crippen LogP) is 6.33. The molecule has 0 unspecified atom stereocenters. The summed E-state index contributed by atoms with van der Waals surface area (Å²) in [6.45, 7) is 2.69. The summed E-state index contributed by atoms with van der Waals surface area (Å²) in [7, 11) is -4.28. The molecule has 0 spiro atoms. The number of hydrogen-bond donors (Lipinski definition) is 1. The predicted molar refractivity (Wildman–Crippen MR) is 162 cm³/mol. The summed E-state index contributed by atoms with van der Waals surface area (Å²) in [4.78, 5) is 29.0. The van der Waals surface area contributed by atoms with Crippen LogP contribution in [0.15, 0.2) is 72.8 Å². The molecule has 0 radical (unpaired) electrons. The Balaban J connectivity index is 2.11. The molecule has 3 rings (SSSR count). The van der Waals surface area contributed by atoms with Crippen molar-refractivity contribution in [1.82, 2.24) is 10.2 Å². The first-order chi connectivity index (χ1) is 20.1. The van der Waals surface area contributed by atoms with Gasteiger partial charge in [0, 0.05) is 24.0 Å². The van der Waals surface area contributed by atoms with Crippen molar-refractivity contribution in [2.24, 2.45) is 0 Å². The molecule has 0 aliphatic carbocycles. The van der Waals surface area contributed by atoms with Gasteiger partial charge in [-0.1, -0.05) is 72.6 Å². The highest BCUT2D eigenvalue weighted by Crippen LogP contribution is 2.37. The molecule has 1 N–H and O–H groups in total. The lowest BCUT2D eigenvalue weighted by Crippen LogP contribution is -2.54. The number of carbonyl (C=O) groups is 2. The van der Waals surface area contributed by atoms with Crippen molar-refractivity contribution in [2.45, 2.75) is 51.5 Å². The maximum Gasteiger partial charge on any atom is 0.417 e. The van der Waals surface area contributed by atoms with Gasteiger partial charge in [-0.25, -0.2) is 8.42 Å². The van der Waals surface area contributed by atoms with Crippen LogP contribution in [0.5, 0.6) is 0 Å². The molecule has 0 heterocycles. The summed E-state index contributed by atoms with van der Waals surface area (Å²) in [5.74, 6) is -1.28. The van der Waals surface area contributed by atoms with Crippen LogP contribution < -0.4 is 9.62 Å². The highest BCUT2D eigenvalue weighted by molar-refractivity contribution is 7.92. The first-order valence-corrected chi connectivity index (χ1v) is 15.9. The van der Waals surface area contributed by atoms with Crippen molar-refractivity contribution in [3.05, 3.63) is 99.5 Å². The van der Waals surface area contributed by atoms with Gasteiger partial charge in [0.05, 0.1) is 22.5 Å². The summed E-state index contributed by atoms with van der Waals surface area (Å²) in [6.07, 6.45) is -3.38. The third-order valence-electron chi connectivity index (χ3n) is 6.74. The summed E-state index contributed by atoms with van der Waals surface area (Å²) < 4.78 is 67.1. The molecule has 2 amide bonds. The number of nitrogens with zero attached hydrogens (tertiary/aromatic N) is 2. The Morgan fingerprint density at radius 1 is 0.953 bits per heavy atom. The summed E-state index contributed by atoms with van der Waals surface area (Å²) in [6, 6.07) is 16.8. The molecule has 13 heteroatoms. The van der Waals surface area contributed by atoms with E-state index in [-0.39, 0.29) is 19.0 Å². The lowest BCUT2D eigenvalue weighted by atomic mass is 10.0. The van der Waals surface area contributed by atoms with Gasteiger partial charge in [-0.2, -0.15) is 13.2 Å². The molecule has 0 saturated carbocycles. The summed E-state index contributed by atoms with van der Waals surface area (Å²) >= 11 is 11.9. The highest BCUT2D eigenvalue weighted by Gasteiger charge is 2.36. The number of rotatable bonds is 12. The van der Waals surface area contributed by atoms with Crippen LogP contribution in [0.4, 0.5) is 18.9 Å². The van der Waals surface area contributed by atoms with Gasteiger partial charge in [0.15, 0.2) is 0 Å². The van der Waals surface area contributed by atoms with Gasteiger partial charge >= 0.3 is 6.18 Å². The molecule has 0 bridgehead atoms. The molecule has 232 valence electrons. The van der Waals surface area contributed by atoms with Crippen LogP contribution in [-0.2, 0) is 38.8 Å². The van der Waals surface area contributed by atoms with E-state index >= 15 is 0 Å². The lowest BCUT2D eigenvalue weighted by molar-refractivity contribution is -0.140. The zero-order valence-electron chi connectivity index (χ0n) is 23.7. The van der Waals surface area contributed by atoms with Crippen molar-refractivity contribution in [2.75, 3.05) is 17.1 Å². The number of amides is 2. The van der Waals surface area contributed by atoms with Gasteiger partial charge in [0.25, 0.3) is 0 Å². The Morgan fingerprint density at radius 3 is 2.19 bits per heavy atom. The van der Waals surface area contributed by atoms with E-state index in [1.807, 2.05) is 13.8 Å². The van der Waals surface area contributed by atoms with E-state index in [4.69, 9.17) is 23.2 Å². The lowest BCUT2D eigenvalue weighted by Gasteiger charge is -2.34. The SMILES string of the molecule is CC[C@H](C)NC(=O)[C@H](Cc1ccccc1)N(Cc1cccc(Cl)c1)C(=O)CN(c1ccc(Cl)c(C(F)(F)F)c1)S(C)(=O)=O. The summed E-state index contributed by atoms with van der Waals surface area (Å²) in [5.41, 5.74) is -0.354. The Bertz CT molecular complexity index is 1540. The minimum Gasteiger partial charge on any atom is -0.352 e. The second kappa shape index (κ2) is 14.5. The van der Waals surface area contributed by atoms with Gasteiger partial charge in [-0.3, -0.25) is 13.9 Å². The second-order valence-electron chi connectivity index (χ2n) is 10.1. The average Bonchev–Trinajstić information content (AvgIpc) is 2.93. The third-order valence-corrected chi connectivity index (χ3v) is 8.44. The van der Waals surface area contributed by atoms with E-state index in [1.54, 1.807) is 54.6 Å². The van der Waals surface area contributed by atoms with Crippen LogP contribution in [0.1, 0.15) is 37.0 Å². The van der Waals surface area contributed by atoms with Crippen LogP contribution in [0.25, 0.3) is 0 Å². The normalized spacial score (nSPS) is 13.2. The Labute approximate surface area is 259 Å². The standard InChI is InChI=1S/C30H32Cl2F3N3O4S/c1-4-20(2)36-29(40)27(16-21-9-6-5-7-10-21)37(18-22-11-8-12-23(31)15-22)28(39)19-38(43(3,41)42)24-13-14-26(32)25(17-24)30(33,34)35/h5-15,17,20,27H,4,16,18-19H2,1-3H3,(H,36,40)/t20-,27-/m0/s1. The van der Waals surface area contributed by atoms with E-state index in [2.05, 4.69) is 5.32 Å². The van der Waals surface area contributed by atoms with Crippen LogP contribution >= 0.6 is 23.2 Å². The van der Waals surface area contributed by atoms with Crippen molar-refractivity contribution in [3.63, 3.8) is 0 Å². The van der Waals surface area contributed by atoms with Crippen molar-refractivity contribution in [1.29, 1.82) is 0 Å². The molecule has 0 aliphatic heterocycles. The van der Waals surface area contributed by atoms with Crippen LogP contribution in [0.3, 0.4) is 0 Å². The number of halogens is 5. The molecule has 3 aromatic carbocycles. The van der Waals surface area contributed by atoms with Gasteiger partial charge in [0.2, 0.25) is 21.8 Å². The zero-order valence-corrected chi connectivity index (χ0v) is 26.1. The second-order valence-corrected chi connectivity index (χ2v) is 12.9. The highest BCUT2D eigenvalue weighted by atomic mass is 35.5. The monoisotopic (exact) mass is 657 g/mol. The number of carbonyl (C=O) groups excluding carboxylic acids is 2. The first-order valence-electron chi connectivity index (χ1n) is 13.3. The van der Waals surface area contributed by atoms with Crippen molar-refractivity contribution >= 4 is 50.7 Å². The minimum absolute atomic E-state index is 0.0907. The maximum atomic E-state index is 14.1. The molecular formula is C30H32Cl2F3N3O4S. The molecule has 7 nitrogen and oxygen atoms in total. The quantitative estimate of drug-likeness (QED) is 0.247. The van der Waals surface area contributed by atoms with Crippen molar-refractivity contribution in [3.8, 4) is 0 Å².